The second-order valence-electron chi connectivity index (χ2n) is 5.22. The molecule has 0 aromatic heterocycles. The molecule has 0 bridgehead atoms. The number of carbonyl (C=O) groups is 3. The van der Waals surface area contributed by atoms with Crippen molar-refractivity contribution in [2.24, 2.45) is 0 Å². The lowest BCUT2D eigenvalue weighted by Gasteiger charge is -2.15. The highest BCUT2D eigenvalue weighted by molar-refractivity contribution is 9.10. The van der Waals surface area contributed by atoms with E-state index >= 15 is 0 Å². The monoisotopic (exact) mass is 383 g/mol. The second kappa shape index (κ2) is 7.96. The van der Waals surface area contributed by atoms with Gasteiger partial charge in [0.2, 0.25) is 0 Å². The van der Waals surface area contributed by atoms with Crippen LogP contribution in [0.2, 0.25) is 0 Å². The summed E-state index contributed by atoms with van der Waals surface area (Å²) in [7, 11) is 0. The van der Waals surface area contributed by atoms with E-state index in [1.165, 1.54) is 4.90 Å². The van der Waals surface area contributed by atoms with Crippen LogP contribution in [0.3, 0.4) is 0 Å². The molecule has 1 aromatic rings. The lowest BCUT2D eigenvalue weighted by atomic mass is 10.2. The number of amides is 3. The smallest absolute Gasteiger partial charge is 0.327 e. The van der Waals surface area contributed by atoms with Gasteiger partial charge in [-0.25, -0.2) is 0 Å². The van der Waals surface area contributed by atoms with Gasteiger partial charge in [-0.05, 0) is 53.4 Å². The van der Waals surface area contributed by atoms with E-state index in [1.807, 2.05) is 19.1 Å². The molecule has 8 heteroatoms. The third-order valence-corrected chi connectivity index (χ3v) is 3.97. The maximum Gasteiger partial charge on any atom is 0.327 e. The van der Waals surface area contributed by atoms with Crippen LogP contribution in [0.4, 0.5) is 0 Å². The molecule has 1 saturated heterocycles. The van der Waals surface area contributed by atoms with Gasteiger partial charge in [0.05, 0.1) is 4.47 Å². The first-order valence-corrected chi connectivity index (χ1v) is 8.03. The first kappa shape index (κ1) is 17.3. The van der Waals surface area contributed by atoms with E-state index in [9.17, 15) is 14.4 Å². The van der Waals surface area contributed by atoms with E-state index in [1.54, 1.807) is 6.07 Å². The van der Waals surface area contributed by atoms with Crippen molar-refractivity contribution >= 4 is 33.7 Å². The molecule has 1 aliphatic heterocycles. The van der Waals surface area contributed by atoms with E-state index in [0.717, 1.165) is 22.9 Å². The van der Waals surface area contributed by atoms with Gasteiger partial charge in [0.25, 0.3) is 5.91 Å². The molecule has 1 aromatic carbocycles. The highest BCUT2D eigenvalue weighted by Gasteiger charge is 2.24. The molecule has 3 amide bonds. The van der Waals surface area contributed by atoms with Crippen molar-refractivity contribution in [3.05, 3.63) is 28.2 Å². The summed E-state index contributed by atoms with van der Waals surface area (Å²) in [6, 6.07) is 5.46. The van der Waals surface area contributed by atoms with Crippen molar-refractivity contribution in [1.29, 1.82) is 0 Å². The number of ether oxygens (including phenoxy) is 1. The third-order valence-electron chi connectivity index (χ3n) is 3.35. The zero-order chi connectivity index (χ0) is 16.8. The van der Waals surface area contributed by atoms with Gasteiger partial charge in [0, 0.05) is 13.1 Å². The number of hydrazine groups is 1. The van der Waals surface area contributed by atoms with E-state index in [2.05, 4.69) is 26.8 Å². The van der Waals surface area contributed by atoms with Gasteiger partial charge >= 0.3 is 11.8 Å². The molecule has 0 spiro atoms. The van der Waals surface area contributed by atoms with Crippen molar-refractivity contribution < 1.29 is 19.1 Å². The minimum Gasteiger partial charge on any atom is -0.483 e. The Morgan fingerprint density at radius 1 is 1.22 bits per heavy atom. The SMILES string of the molecule is Cc1ccc(OCC(=O)NNC(=O)C(=O)N2CCCC2)c(Br)c1. The van der Waals surface area contributed by atoms with Gasteiger partial charge in [-0.3, -0.25) is 25.2 Å². The van der Waals surface area contributed by atoms with E-state index in [4.69, 9.17) is 4.74 Å². The molecule has 1 fully saturated rings. The van der Waals surface area contributed by atoms with Crippen LogP contribution in [0, 0.1) is 6.92 Å². The van der Waals surface area contributed by atoms with E-state index < -0.39 is 17.7 Å². The number of carbonyl (C=O) groups excluding carboxylic acids is 3. The van der Waals surface area contributed by atoms with Gasteiger partial charge in [-0.1, -0.05) is 6.07 Å². The molecule has 2 N–H and O–H groups in total. The third kappa shape index (κ3) is 4.95. The van der Waals surface area contributed by atoms with Crippen LogP contribution in [0.5, 0.6) is 5.75 Å². The van der Waals surface area contributed by atoms with Gasteiger partial charge < -0.3 is 9.64 Å². The molecule has 0 saturated carbocycles. The van der Waals surface area contributed by atoms with Gasteiger partial charge in [-0.2, -0.15) is 0 Å². The topological polar surface area (TPSA) is 87.7 Å². The van der Waals surface area contributed by atoms with Gasteiger partial charge in [0.1, 0.15) is 5.75 Å². The van der Waals surface area contributed by atoms with Crippen LogP contribution in [0.25, 0.3) is 0 Å². The number of hydrogen-bond acceptors (Lipinski definition) is 4. The largest absolute Gasteiger partial charge is 0.483 e. The van der Waals surface area contributed by atoms with Crippen molar-refractivity contribution in [3.8, 4) is 5.75 Å². The van der Waals surface area contributed by atoms with Crippen LogP contribution >= 0.6 is 15.9 Å². The lowest BCUT2D eigenvalue weighted by Crippen LogP contribution is -2.50. The zero-order valence-corrected chi connectivity index (χ0v) is 14.3. The Hall–Kier alpha value is -2.09. The predicted molar refractivity (Wildman–Crippen MR) is 86.5 cm³/mol. The van der Waals surface area contributed by atoms with Gasteiger partial charge in [-0.15, -0.1) is 0 Å². The standard InChI is InChI=1S/C15H18BrN3O4/c1-10-4-5-12(11(16)8-10)23-9-13(20)17-18-14(21)15(22)19-6-2-3-7-19/h4-5,8H,2-3,6-7,9H2,1H3,(H,17,20)(H,18,21). The van der Waals surface area contributed by atoms with Crippen LogP contribution in [0.1, 0.15) is 18.4 Å². The summed E-state index contributed by atoms with van der Waals surface area (Å²) < 4.78 is 6.08. The highest BCUT2D eigenvalue weighted by atomic mass is 79.9. The summed E-state index contributed by atoms with van der Waals surface area (Å²) in [6.45, 7) is 2.81. The normalized spacial score (nSPS) is 13.6. The van der Waals surface area contributed by atoms with Crippen LogP contribution in [0.15, 0.2) is 22.7 Å². The average molecular weight is 384 g/mol. The Kier molecular flexibility index (Phi) is 5.97. The quantitative estimate of drug-likeness (QED) is 0.599. The maximum atomic E-state index is 11.7. The Bertz CT molecular complexity index is 615. The molecular formula is C15H18BrN3O4. The van der Waals surface area contributed by atoms with Crippen molar-refractivity contribution in [3.63, 3.8) is 0 Å². The molecule has 0 aliphatic carbocycles. The summed E-state index contributed by atoms with van der Waals surface area (Å²) in [6.07, 6.45) is 1.79. The molecule has 2 rings (SSSR count). The molecule has 1 aliphatic rings. The molecule has 0 radical (unpaired) electrons. The summed E-state index contributed by atoms with van der Waals surface area (Å²) in [5.41, 5.74) is 5.32. The Balaban J connectivity index is 1.74. The minimum absolute atomic E-state index is 0.278. The number of hydrogen-bond donors (Lipinski definition) is 2. The fourth-order valence-corrected chi connectivity index (χ4v) is 2.75. The molecule has 124 valence electrons. The second-order valence-corrected chi connectivity index (χ2v) is 6.08. The van der Waals surface area contributed by atoms with Crippen molar-refractivity contribution in [2.75, 3.05) is 19.7 Å². The molecule has 23 heavy (non-hydrogen) atoms. The summed E-state index contributed by atoms with van der Waals surface area (Å²) in [5, 5.41) is 0. The number of nitrogens with zero attached hydrogens (tertiary/aromatic N) is 1. The lowest BCUT2D eigenvalue weighted by molar-refractivity contribution is -0.146. The fourth-order valence-electron chi connectivity index (χ4n) is 2.15. The van der Waals surface area contributed by atoms with Crippen LogP contribution < -0.4 is 15.6 Å². The Labute approximate surface area is 142 Å². The van der Waals surface area contributed by atoms with Gasteiger partial charge in [0.15, 0.2) is 6.61 Å². The summed E-state index contributed by atoms with van der Waals surface area (Å²) >= 11 is 3.34. The first-order chi connectivity index (χ1) is 11.0. The molecule has 0 atom stereocenters. The van der Waals surface area contributed by atoms with E-state index in [-0.39, 0.29) is 6.61 Å². The molecule has 1 heterocycles. The minimum atomic E-state index is -0.850. The first-order valence-electron chi connectivity index (χ1n) is 7.24. The Morgan fingerprint density at radius 2 is 1.91 bits per heavy atom. The van der Waals surface area contributed by atoms with Crippen molar-refractivity contribution in [2.45, 2.75) is 19.8 Å². The van der Waals surface area contributed by atoms with Crippen LogP contribution in [-0.4, -0.2) is 42.3 Å². The Morgan fingerprint density at radius 3 is 2.57 bits per heavy atom. The number of aryl methyl sites for hydroxylation is 1. The number of halogens is 1. The van der Waals surface area contributed by atoms with Crippen molar-refractivity contribution in [1.82, 2.24) is 15.8 Å². The van der Waals surface area contributed by atoms with E-state index in [0.29, 0.717) is 18.8 Å². The molecular weight excluding hydrogens is 366 g/mol. The predicted octanol–water partition coefficient (Wildman–Crippen LogP) is 0.906. The fraction of sp³-hybridized carbons (Fsp3) is 0.400. The number of likely N-dealkylation sites (tertiary alicyclic amines) is 1. The summed E-state index contributed by atoms with van der Waals surface area (Å²) in [5.74, 6) is -1.52. The van der Waals surface area contributed by atoms with Crippen LogP contribution in [-0.2, 0) is 14.4 Å². The highest BCUT2D eigenvalue weighted by Crippen LogP contribution is 2.25. The average Bonchev–Trinajstić information content (AvgIpc) is 3.05. The number of benzene rings is 1. The number of nitrogens with one attached hydrogen (secondary N) is 2. The molecule has 7 nitrogen and oxygen atoms in total. The summed E-state index contributed by atoms with van der Waals surface area (Å²) in [4.78, 5) is 36.5. The maximum absolute atomic E-state index is 11.7. The zero-order valence-electron chi connectivity index (χ0n) is 12.7. The molecule has 0 unspecified atom stereocenters. The number of rotatable bonds is 3.